The molecule has 0 amide bonds. The molecule has 0 saturated heterocycles. The zero-order valence-electron chi connectivity index (χ0n) is 15.0. The summed E-state index contributed by atoms with van der Waals surface area (Å²) in [6, 6.07) is 11.0. The monoisotopic (exact) mass is 410 g/mol. The van der Waals surface area contributed by atoms with Crippen LogP contribution in [-0.2, 0) is 4.79 Å². The summed E-state index contributed by atoms with van der Waals surface area (Å²) in [4.78, 5) is 23.3. The zero-order chi connectivity index (χ0) is 17.6. The quantitative estimate of drug-likeness (QED) is 0.464. The fourth-order valence-corrected chi connectivity index (χ4v) is 3.45. The molecule has 1 aliphatic carbocycles. The van der Waals surface area contributed by atoms with Crippen LogP contribution in [0.15, 0.2) is 66.5 Å². The van der Waals surface area contributed by atoms with Crippen molar-refractivity contribution in [2.75, 3.05) is 0 Å². The van der Waals surface area contributed by atoms with E-state index in [9.17, 15) is 19.8 Å². The minimum atomic E-state index is -1.27. The van der Waals surface area contributed by atoms with E-state index in [4.69, 9.17) is 4.74 Å². The number of hydrogen-bond donors (Lipinski definition) is 0. The Morgan fingerprint density at radius 2 is 1.78 bits per heavy atom. The maximum absolute atomic E-state index is 11.7. The van der Waals surface area contributed by atoms with Gasteiger partial charge in [0.1, 0.15) is 11.5 Å². The topological polar surface area (TPSA) is 89.5 Å². The van der Waals surface area contributed by atoms with Crippen molar-refractivity contribution in [2.45, 2.75) is 5.92 Å². The number of ketones is 1. The fraction of sp³-hybridized carbons (Fsp3) is 0.100. The number of carbonyl (C=O) groups is 2. The van der Waals surface area contributed by atoms with E-state index in [1.54, 1.807) is 30.3 Å². The van der Waals surface area contributed by atoms with Crippen molar-refractivity contribution >= 4 is 11.8 Å². The molecular formula is C20H12K2O5. The van der Waals surface area contributed by atoms with Crippen molar-refractivity contribution in [3.05, 3.63) is 83.1 Å². The Balaban J connectivity index is 0.00000131. The predicted octanol–water partition coefficient (Wildman–Crippen LogP) is -4.70. The van der Waals surface area contributed by atoms with Crippen molar-refractivity contribution in [1.82, 2.24) is 0 Å². The van der Waals surface area contributed by atoms with Crippen LogP contribution in [0, 0.1) is 5.92 Å². The maximum Gasteiger partial charge on any atom is 1.00 e. The maximum atomic E-state index is 11.7. The molecule has 27 heavy (non-hydrogen) atoms. The van der Waals surface area contributed by atoms with Crippen LogP contribution in [0.1, 0.15) is 27.4 Å². The van der Waals surface area contributed by atoms with Crippen LogP contribution < -0.4 is 118 Å². The molecule has 0 radical (unpaired) electrons. The fourth-order valence-electron chi connectivity index (χ4n) is 3.45. The predicted molar refractivity (Wildman–Crippen MR) is 84.9 cm³/mol. The molecule has 1 aliphatic heterocycles. The Morgan fingerprint density at radius 1 is 1.04 bits per heavy atom. The van der Waals surface area contributed by atoms with Crippen LogP contribution in [0.4, 0.5) is 0 Å². The van der Waals surface area contributed by atoms with Gasteiger partial charge in [0.2, 0.25) is 0 Å². The van der Waals surface area contributed by atoms with Crippen LogP contribution in [0.3, 0.4) is 0 Å². The van der Waals surface area contributed by atoms with Crippen molar-refractivity contribution in [2.24, 2.45) is 5.92 Å². The zero-order valence-corrected chi connectivity index (χ0v) is 21.2. The number of allylic oxidation sites excluding steroid dienone is 3. The summed E-state index contributed by atoms with van der Waals surface area (Å²) in [5, 5.41) is 23.3. The molecule has 1 heterocycles. The van der Waals surface area contributed by atoms with Gasteiger partial charge in [0, 0.05) is 29.0 Å². The van der Waals surface area contributed by atoms with Gasteiger partial charge in [-0.05, 0) is 17.7 Å². The Labute approximate surface area is 241 Å². The van der Waals surface area contributed by atoms with Crippen LogP contribution in [0.25, 0.3) is 0 Å². The van der Waals surface area contributed by atoms with Gasteiger partial charge < -0.3 is 19.7 Å². The number of carbonyl (C=O) groups excluding carboxylic acids is 2. The van der Waals surface area contributed by atoms with Crippen molar-refractivity contribution in [1.29, 1.82) is 0 Å². The Hall–Kier alpha value is -0.0673. The molecule has 7 heteroatoms. The van der Waals surface area contributed by atoms with Crippen LogP contribution >= 0.6 is 0 Å². The second-order valence-electron chi connectivity index (χ2n) is 5.99. The normalized spacial score (nSPS) is 19.4. The van der Waals surface area contributed by atoms with Crippen molar-refractivity contribution < 1.29 is 127 Å². The molecule has 2 aromatic rings. The summed E-state index contributed by atoms with van der Waals surface area (Å²) in [7, 11) is 0. The second kappa shape index (κ2) is 9.62. The molecule has 2 atom stereocenters. The minimum Gasteiger partial charge on any atom is -0.872 e. The van der Waals surface area contributed by atoms with E-state index in [0.717, 1.165) is 0 Å². The van der Waals surface area contributed by atoms with Gasteiger partial charge in [0.25, 0.3) is 0 Å². The smallest absolute Gasteiger partial charge is 0.872 e. The van der Waals surface area contributed by atoms with E-state index < -0.39 is 11.9 Å². The average molecular weight is 411 g/mol. The average Bonchev–Trinajstić information content (AvgIpc) is 2.59. The van der Waals surface area contributed by atoms with Gasteiger partial charge in [0.05, 0.1) is 5.97 Å². The molecule has 2 aromatic carbocycles. The number of ether oxygens (including phenoxy) is 1. The van der Waals surface area contributed by atoms with E-state index in [1.807, 2.05) is 0 Å². The SMILES string of the molecule is O=C1C=CC2C(=C1)Oc1cc([O-])ccc1C2c1ccccc1C(=O)[O-].[K+].[K+]. The number of rotatable bonds is 2. The molecule has 0 saturated carbocycles. The molecule has 0 bridgehead atoms. The van der Waals surface area contributed by atoms with Gasteiger partial charge in [0.15, 0.2) is 5.78 Å². The number of fused-ring (bicyclic) bond motifs is 2. The van der Waals surface area contributed by atoms with Crippen molar-refractivity contribution in [3.63, 3.8) is 0 Å². The Bertz CT molecular complexity index is 965. The Morgan fingerprint density at radius 3 is 2.52 bits per heavy atom. The summed E-state index contributed by atoms with van der Waals surface area (Å²) < 4.78 is 5.77. The van der Waals surface area contributed by atoms with Gasteiger partial charge in [-0.25, -0.2) is 0 Å². The van der Waals surface area contributed by atoms with Crippen LogP contribution in [0.2, 0.25) is 0 Å². The third-order valence-electron chi connectivity index (χ3n) is 4.50. The first-order valence-electron chi connectivity index (χ1n) is 7.77. The van der Waals surface area contributed by atoms with E-state index >= 15 is 0 Å². The number of aromatic carboxylic acids is 1. The van der Waals surface area contributed by atoms with E-state index in [0.29, 0.717) is 22.6 Å². The molecule has 5 nitrogen and oxygen atoms in total. The molecule has 0 N–H and O–H groups in total. The van der Waals surface area contributed by atoms with E-state index in [2.05, 4.69) is 0 Å². The third kappa shape index (κ3) is 4.58. The number of hydrogen-bond acceptors (Lipinski definition) is 5. The van der Waals surface area contributed by atoms with Gasteiger partial charge in [-0.2, -0.15) is 0 Å². The summed E-state index contributed by atoms with van der Waals surface area (Å²) in [6.07, 6.45) is 4.53. The minimum absolute atomic E-state index is 0. The summed E-state index contributed by atoms with van der Waals surface area (Å²) in [6.45, 7) is 0. The van der Waals surface area contributed by atoms with E-state index in [1.165, 1.54) is 30.4 Å². The van der Waals surface area contributed by atoms with Gasteiger partial charge in [-0.1, -0.05) is 42.5 Å². The van der Waals surface area contributed by atoms with Gasteiger partial charge >= 0.3 is 103 Å². The van der Waals surface area contributed by atoms with Gasteiger partial charge in [-0.3, -0.25) is 4.79 Å². The van der Waals surface area contributed by atoms with Crippen LogP contribution in [-0.4, -0.2) is 11.8 Å². The molecule has 0 spiro atoms. The Kier molecular flexibility index (Phi) is 8.27. The molecule has 0 aromatic heterocycles. The second-order valence-corrected chi connectivity index (χ2v) is 5.99. The van der Waals surface area contributed by atoms with Crippen molar-refractivity contribution in [3.8, 4) is 11.5 Å². The van der Waals surface area contributed by atoms with Gasteiger partial charge in [-0.15, -0.1) is 5.75 Å². The third-order valence-corrected chi connectivity index (χ3v) is 4.50. The first-order valence-corrected chi connectivity index (χ1v) is 7.77. The summed E-state index contributed by atoms with van der Waals surface area (Å²) in [5.41, 5.74) is 1.34. The molecule has 4 rings (SSSR count). The molecular weight excluding hydrogens is 398 g/mol. The molecule has 124 valence electrons. The summed E-state index contributed by atoms with van der Waals surface area (Å²) >= 11 is 0. The van der Waals surface area contributed by atoms with Crippen LogP contribution in [0.5, 0.6) is 11.5 Å². The largest absolute Gasteiger partial charge is 1.00 e. The molecule has 0 fully saturated rings. The number of benzene rings is 2. The first kappa shape index (κ1) is 23.2. The molecule has 2 unspecified atom stereocenters. The van der Waals surface area contributed by atoms with E-state index in [-0.39, 0.29) is 126 Å². The first-order chi connectivity index (χ1) is 12.0. The number of carboxylic acid groups (broad SMARTS) is 1. The number of carboxylic acids is 1. The molecule has 2 aliphatic rings. The standard InChI is InChI=1S/C20H14O5.2K/c21-11-5-7-15-17(9-11)25-18-10-12(22)6-8-16(18)19(15)13-3-1-2-4-14(13)20(23)24;;/h1-10,15,19,22H,(H,23,24);;/q;2*+1/p-2. The summed E-state index contributed by atoms with van der Waals surface area (Å²) in [5.74, 6) is -1.68.